The normalized spacial score (nSPS) is 19.2. The molecule has 1 N–H and O–H groups in total. The summed E-state index contributed by atoms with van der Waals surface area (Å²) >= 11 is 0. The van der Waals surface area contributed by atoms with E-state index in [9.17, 15) is 14.4 Å². The molecule has 2 rings (SSSR count). The van der Waals surface area contributed by atoms with Gasteiger partial charge in [-0.1, -0.05) is 49.8 Å². The van der Waals surface area contributed by atoms with Gasteiger partial charge in [-0.15, -0.1) is 0 Å². The van der Waals surface area contributed by atoms with E-state index in [4.69, 9.17) is 0 Å². The van der Waals surface area contributed by atoms with Gasteiger partial charge in [0.05, 0.1) is 0 Å². The fraction of sp³-hybridized carbons (Fsp3) is 0.476. The van der Waals surface area contributed by atoms with E-state index in [-0.39, 0.29) is 12.5 Å². The van der Waals surface area contributed by atoms with Gasteiger partial charge in [0.1, 0.15) is 12.1 Å². The number of aryl methyl sites for hydroxylation is 1. The lowest BCUT2D eigenvalue weighted by molar-refractivity contribution is -0.138. The van der Waals surface area contributed by atoms with E-state index in [0.717, 1.165) is 23.3 Å². The molecule has 1 atom stereocenters. The molecule has 0 spiro atoms. The molecule has 1 saturated heterocycles. The molecule has 1 fully saturated rings. The van der Waals surface area contributed by atoms with Crippen LogP contribution in [-0.2, 0) is 21.5 Å². The topological polar surface area (TPSA) is 69.7 Å². The molecule has 1 aliphatic rings. The molecule has 0 aromatic heterocycles. The van der Waals surface area contributed by atoms with Crippen LogP contribution in [-0.4, -0.2) is 47.3 Å². The highest BCUT2D eigenvalue weighted by Gasteiger charge is 2.49. The van der Waals surface area contributed by atoms with Gasteiger partial charge in [0.25, 0.3) is 5.91 Å². The Hall–Kier alpha value is -2.63. The first-order valence-electron chi connectivity index (χ1n) is 9.38. The van der Waals surface area contributed by atoms with Gasteiger partial charge in [0.15, 0.2) is 0 Å². The maximum Gasteiger partial charge on any atom is 0.325 e. The number of likely N-dealkylation sites (N-methyl/N-ethyl adjacent to an activating group) is 1. The fourth-order valence-corrected chi connectivity index (χ4v) is 3.27. The zero-order valence-electron chi connectivity index (χ0n) is 16.7. The van der Waals surface area contributed by atoms with Crippen LogP contribution in [0.25, 0.3) is 0 Å². The molecule has 0 aliphatic carbocycles. The summed E-state index contributed by atoms with van der Waals surface area (Å²) in [5.74, 6) is -0.679. The number of nitrogens with one attached hydrogen (secondary N) is 1. The number of rotatable bonds is 8. The second-order valence-electron chi connectivity index (χ2n) is 7.26. The number of carbonyl (C=O) groups is 3. The van der Waals surface area contributed by atoms with Crippen LogP contribution < -0.4 is 5.32 Å². The molecule has 4 amide bonds. The molecule has 1 heterocycles. The largest absolute Gasteiger partial charge is 0.337 e. The number of imide groups is 1. The predicted molar refractivity (Wildman–Crippen MR) is 105 cm³/mol. The van der Waals surface area contributed by atoms with Gasteiger partial charge < -0.3 is 10.2 Å². The summed E-state index contributed by atoms with van der Waals surface area (Å²) in [7, 11) is 0. The van der Waals surface area contributed by atoms with E-state index in [0.29, 0.717) is 18.7 Å². The second kappa shape index (κ2) is 8.37. The Morgan fingerprint density at radius 1 is 1.22 bits per heavy atom. The summed E-state index contributed by atoms with van der Waals surface area (Å²) in [6.07, 6.45) is 2.01. The number of hydrogen-bond donors (Lipinski definition) is 1. The Labute approximate surface area is 161 Å². The molecule has 0 radical (unpaired) electrons. The molecule has 0 saturated carbocycles. The van der Waals surface area contributed by atoms with Crippen LogP contribution in [0, 0.1) is 0 Å². The van der Waals surface area contributed by atoms with E-state index < -0.39 is 17.5 Å². The summed E-state index contributed by atoms with van der Waals surface area (Å²) < 4.78 is 0. The molecule has 6 heteroatoms. The Morgan fingerprint density at radius 3 is 2.37 bits per heavy atom. The summed E-state index contributed by atoms with van der Waals surface area (Å²) in [4.78, 5) is 40.5. The van der Waals surface area contributed by atoms with Crippen LogP contribution in [0.3, 0.4) is 0 Å². The highest BCUT2D eigenvalue weighted by Crippen LogP contribution is 2.29. The van der Waals surface area contributed by atoms with Crippen molar-refractivity contribution in [2.24, 2.45) is 0 Å². The lowest BCUT2D eigenvalue weighted by Gasteiger charge is -2.25. The first-order valence-corrected chi connectivity index (χ1v) is 9.38. The Morgan fingerprint density at radius 2 is 1.85 bits per heavy atom. The number of carbonyl (C=O) groups excluding carboxylic acids is 3. The first kappa shape index (κ1) is 20.7. The monoisotopic (exact) mass is 371 g/mol. The van der Waals surface area contributed by atoms with Crippen LogP contribution in [0.1, 0.15) is 45.2 Å². The number of nitrogens with zero attached hydrogens (tertiary/aromatic N) is 2. The third-order valence-corrected chi connectivity index (χ3v) is 4.83. The predicted octanol–water partition coefficient (Wildman–Crippen LogP) is 2.83. The van der Waals surface area contributed by atoms with E-state index in [1.54, 1.807) is 11.8 Å². The molecular formula is C21H29N3O3. The maximum atomic E-state index is 13.0. The Kier molecular flexibility index (Phi) is 6.41. The van der Waals surface area contributed by atoms with Crippen LogP contribution >= 0.6 is 0 Å². The highest BCUT2D eigenvalue weighted by molar-refractivity contribution is 6.09. The molecule has 1 unspecified atom stereocenters. The average molecular weight is 371 g/mol. The summed E-state index contributed by atoms with van der Waals surface area (Å²) in [6.45, 7) is 11.9. The minimum atomic E-state index is -1.16. The lowest BCUT2D eigenvalue weighted by atomic mass is 9.91. The molecular weight excluding hydrogens is 342 g/mol. The van der Waals surface area contributed by atoms with Crippen LogP contribution in [0.2, 0.25) is 0 Å². The molecule has 146 valence electrons. The average Bonchev–Trinajstić information content (AvgIpc) is 2.84. The standard InChI is InChI=1S/C21H29N3O3/c1-6-8-16-9-11-17(12-10-16)21(5)19(26)24(20(27)22-21)14-18(25)23(7-2)13-15(3)4/h9-12H,3,6-8,13-14H2,1-2,4-5H3,(H,22,27). The number of benzene rings is 1. The number of urea groups is 1. The van der Waals surface area contributed by atoms with Crippen molar-refractivity contribution < 1.29 is 14.4 Å². The van der Waals surface area contributed by atoms with Crippen molar-refractivity contribution in [3.63, 3.8) is 0 Å². The van der Waals surface area contributed by atoms with Gasteiger partial charge in [-0.3, -0.25) is 14.5 Å². The van der Waals surface area contributed by atoms with Gasteiger partial charge >= 0.3 is 6.03 Å². The molecule has 0 bridgehead atoms. The van der Waals surface area contributed by atoms with Crippen molar-refractivity contribution >= 4 is 17.8 Å². The lowest BCUT2D eigenvalue weighted by Crippen LogP contribution is -2.44. The van der Waals surface area contributed by atoms with Gasteiger partial charge in [-0.25, -0.2) is 4.79 Å². The van der Waals surface area contributed by atoms with Crippen molar-refractivity contribution in [2.75, 3.05) is 19.6 Å². The van der Waals surface area contributed by atoms with E-state index in [1.807, 2.05) is 38.1 Å². The number of hydrogen-bond acceptors (Lipinski definition) is 3. The summed E-state index contributed by atoms with van der Waals surface area (Å²) in [5, 5.41) is 2.75. The first-order chi connectivity index (χ1) is 12.7. The second-order valence-corrected chi connectivity index (χ2v) is 7.26. The van der Waals surface area contributed by atoms with Crippen LogP contribution in [0.5, 0.6) is 0 Å². The zero-order chi connectivity index (χ0) is 20.2. The molecule has 1 aromatic carbocycles. The summed E-state index contributed by atoms with van der Waals surface area (Å²) in [5.41, 5.74) is 1.59. The smallest absolute Gasteiger partial charge is 0.325 e. The minimum absolute atomic E-state index is 0.269. The molecule has 1 aromatic rings. The van der Waals surface area contributed by atoms with Crippen molar-refractivity contribution in [1.29, 1.82) is 0 Å². The Balaban J connectivity index is 2.17. The van der Waals surface area contributed by atoms with Gasteiger partial charge in [-0.05, 0) is 38.3 Å². The maximum absolute atomic E-state index is 13.0. The third-order valence-electron chi connectivity index (χ3n) is 4.83. The van der Waals surface area contributed by atoms with Crippen molar-refractivity contribution in [3.05, 3.63) is 47.5 Å². The van der Waals surface area contributed by atoms with Crippen molar-refractivity contribution in [2.45, 2.75) is 46.1 Å². The minimum Gasteiger partial charge on any atom is -0.337 e. The van der Waals surface area contributed by atoms with Crippen LogP contribution in [0.4, 0.5) is 4.79 Å². The molecule has 6 nitrogen and oxygen atoms in total. The van der Waals surface area contributed by atoms with Crippen molar-refractivity contribution in [1.82, 2.24) is 15.1 Å². The Bertz CT molecular complexity index is 742. The number of amides is 4. The van der Waals surface area contributed by atoms with E-state index in [2.05, 4.69) is 18.8 Å². The third kappa shape index (κ3) is 4.38. The SMILES string of the molecule is C=C(C)CN(CC)C(=O)CN1C(=O)NC(C)(c2ccc(CCC)cc2)C1=O. The zero-order valence-corrected chi connectivity index (χ0v) is 16.7. The fourth-order valence-electron chi connectivity index (χ4n) is 3.27. The van der Waals surface area contributed by atoms with E-state index in [1.165, 1.54) is 5.56 Å². The van der Waals surface area contributed by atoms with E-state index >= 15 is 0 Å². The van der Waals surface area contributed by atoms with Gasteiger partial charge in [0.2, 0.25) is 5.91 Å². The molecule has 1 aliphatic heterocycles. The van der Waals surface area contributed by atoms with Gasteiger partial charge in [0, 0.05) is 13.1 Å². The summed E-state index contributed by atoms with van der Waals surface area (Å²) in [6, 6.07) is 7.15. The quantitative estimate of drug-likeness (QED) is 0.564. The highest BCUT2D eigenvalue weighted by atomic mass is 16.2. The van der Waals surface area contributed by atoms with Crippen LogP contribution in [0.15, 0.2) is 36.4 Å². The van der Waals surface area contributed by atoms with Gasteiger partial charge in [-0.2, -0.15) is 0 Å². The van der Waals surface area contributed by atoms with Crippen molar-refractivity contribution in [3.8, 4) is 0 Å². The molecule has 27 heavy (non-hydrogen) atoms.